The predicted molar refractivity (Wildman–Crippen MR) is 48.0 cm³/mol. The fourth-order valence-electron chi connectivity index (χ4n) is 1.83. The van der Waals surface area contributed by atoms with E-state index in [1.807, 2.05) is 25.2 Å². The van der Waals surface area contributed by atoms with Crippen LogP contribution in [0, 0.1) is 0 Å². The van der Waals surface area contributed by atoms with E-state index in [-0.39, 0.29) is 12.1 Å². The summed E-state index contributed by atoms with van der Waals surface area (Å²) in [6.45, 7) is 0. The van der Waals surface area contributed by atoms with Crippen LogP contribution in [-0.2, 0) is 6.42 Å². The molecule has 1 aliphatic rings. The smallest absolute Gasteiger partial charge is 0.0948 e. The van der Waals surface area contributed by atoms with Crippen molar-refractivity contribution in [2.45, 2.75) is 18.6 Å². The Morgan fingerprint density at radius 3 is 2.83 bits per heavy atom. The number of rotatable bonds is 1. The molecule has 1 unspecified atom stereocenters. The molecule has 0 spiro atoms. The second-order valence-electron chi connectivity index (χ2n) is 3.24. The quantitative estimate of drug-likeness (QED) is 0.643. The van der Waals surface area contributed by atoms with Gasteiger partial charge in [-0.2, -0.15) is 0 Å². The summed E-state index contributed by atoms with van der Waals surface area (Å²) in [5.41, 5.74) is 2.35. The van der Waals surface area contributed by atoms with Crippen molar-refractivity contribution in [2.24, 2.45) is 0 Å². The molecule has 64 valence electrons. The highest BCUT2D eigenvalue weighted by molar-refractivity contribution is 5.35. The molecule has 0 bridgehead atoms. The molecule has 0 aliphatic heterocycles. The third-order valence-corrected chi connectivity index (χ3v) is 2.57. The van der Waals surface area contributed by atoms with Gasteiger partial charge in [-0.3, -0.25) is 0 Å². The first kappa shape index (κ1) is 7.77. The van der Waals surface area contributed by atoms with E-state index in [2.05, 4.69) is 11.4 Å². The summed E-state index contributed by atoms with van der Waals surface area (Å²) in [6.07, 6.45) is 0.611. The molecule has 2 nitrogen and oxygen atoms in total. The lowest BCUT2D eigenvalue weighted by molar-refractivity contribution is 0.146. The molecule has 0 aromatic heterocycles. The highest BCUT2D eigenvalue weighted by Gasteiger charge is 2.28. The highest BCUT2D eigenvalue weighted by atomic mass is 16.3. The zero-order chi connectivity index (χ0) is 8.55. The van der Waals surface area contributed by atoms with Crippen molar-refractivity contribution in [1.82, 2.24) is 5.32 Å². The van der Waals surface area contributed by atoms with Gasteiger partial charge in [0.25, 0.3) is 0 Å². The van der Waals surface area contributed by atoms with Crippen LogP contribution in [0.5, 0.6) is 0 Å². The number of hydrogen-bond acceptors (Lipinski definition) is 2. The van der Waals surface area contributed by atoms with Crippen molar-refractivity contribution in [3.8, 4) is 0 Å². The van der Waals surface area contributed by atoms with Crippen LogP contribution in [-0.4, -0.2) is 18.2 Å². The molecule has 1 aliphatic carbocycles. The van der Waals surface area contributed by atoms with E-state index in [0.29, 0.717) is 0 Å². The summed E-state index contributed by atoms with van der Waals surface area (Å²) in [5.74, 6) is 0. The number of hydrogen-bond donors (Lipinski definition) is 2. The topological polar surface area (TPSA) is 32.3 Å². The summed E-state index contributed by atoms with van der Waals surface area (Å²) in [5, 5.41) is 12.9. The molecule has 0 radical (unpaired) electrons. The van der Waals surface area contributed by atoms with Crippen LogP contribution in [0.1, 0.15) is 17.2 Å². The maximum atomic E-state index is 9.78. The van der Waals surface area contributed by atoms with Crippen LogP contribution in [0.2, 0.25) is 0 Å². The number of likely N-dealkylation sites (N-methyl/N-ethyl adjacent to an activating group) is 1. The Bertz CT molecular complexity index is 285. The summed E-state index contributed by atoms with van der Waals surface area (Å²) in [4.78, 5) is 0. The lowest BCUT2D eigenvalue weighted by Gasteiger charge is -2.12. The average Bonchev–Trinajstić information content (AvgIpc) is 2.44. The molecule has 0 fully saturated rings. The summed E-state index contributed by atoms with van der Waals surface area (Å²) in [6, 6.07) is 8.26. The molecule has 1 aromatic rings. The van der Waals surface area contributed by atoms with Gasteiger partial charge in [-0.05, 0) is 24.6 Å². The number of benzene rings is 1. The van der Waals surface area contributed by atoms with Crippen molar-refractivity contribution < 1.29 is 5.11 Å². The van der Waals surface area contributed by atoms with Gasteiger partial charge >= 0.3 is 0 Å². The predicted octanol–water partition coefficient (Wildman–Crippen LogP) is 0.864. The Morgan fingerprint density at radius 2 is 2.17 bits per heavy atom. The second-order valence-corrected chi connectivity index (χ2v) is 3.24. The van der Waals surface area contributed by atoms with Gasteiger partial charge in [-0.15, -0.1) is 0 Å². The van der Waals surface area contributed by atoms with Crippen LogP contribution in [0.4, 0.5) is 0 Å². The second kappa shape index (κ2) is 2.88. The number of aliphatic hydroxyl groups is 1. The molecule has 0 amide bonds. The van der Waals surface area contributed by atoms with Gasteiger partial charge in [0.05, 0.1) is 6.10 Å². The fourth-order valence-corrected chi connectivity index (χ4v) is 1.83. The van der Waals surface area contributed by atoms with E-state index in [0.717, 1.165) is 12.0 Å². The normalized spacial score (nSPS) is 27.2. The molecule has 12 heavy (non-hydrogen) atoms. The molecule has 2 N–H and O–H groups in total. The minimum atomic E-state index is -0.328. The molecule has 0 heterocycles. The van der Waals surface area contributed by atoms with E-state index >= 15 is 0 Å². The van der Waals surface area contributed by atoms with E-state index in [1.165, 1.54) is 5.56 Å². The molecule has 0 saturated heterocycles. The highest BCUT2D eigenvalue weighted by Crippen LogP contribution is 2.30. The Kier molecular flexibility index (Phi) is 1.87. The van der Waals surface area contributed by atoms with Crippen molar-refractivity contribution in [3.05, 3.63) is 35.4 Å². The SMILES string of the molecule is CNC1Cc2ccccc2[C@@H]1O. The van der Waals surface area contributed by atoms with Crippen LogP contribution in [0.3, 0.4) is 0 Å². The van der Waals surface area contributed by atoms with Crippen molar-refractivity contribution >= 4 is 0 Å². The molecule has 2 rings (SSSR count). The van der Waals surface area contributed by atoms with Crippen LogP contribution < -0.4 is 5.32 Å². The lowest BCUT2D eigenvalue weighted by Crippen LogP contribution is -2.29. The van der Waals surface area contributed by atoms with Gasteiger partial charge in [0, 0.05) is 6.04 Å². The number of aliphatic hydroxyl groups excluding tert-OH is 1. The van der Waals surface area contributed by atoms with Gasteiger partial charge in [0.15, 0.2) is 0 Å². The first-order chi connectivity index (χ1) is 5.83. The van der Waals surface area contributed by atoms with Crippen LogP contribution in [0.25, 0.3) is 0 Å². The maximum absolute atomic E-state index is 9.78. The molecule has 2 atom stereocenters. The third-order valence-electron chi connectivity index (χ3n) is 2.57. The summed E-state index contributed by atoms with van der Waals surface area (Å²) >= 11 is 0. The van der Waals surface area contributed by atoms with E-state index in [1.54, 1.807) is 0 Å². The van der Waals surface area contributed by atoms with Gasteiger partial charge in [0.2, 0.25) is 0 Å². The summed E-state index contributed by atoms with van der Waals surface area (Å²) in [7, 11) is 1.89. The first-order valence-electron chi connectivity index (χ1n) is 4.26. The summed E-state index contributed by atoms with van der Waals surface area (Å²) < 4.78 is 0. The van der Waals surface area contributed by atoms with E-state index in [4.69, 9.17) is 0 Å². The number of nitrogens with one attached hydrogen (secondary N) is 1. The largest absolute Gasteiger partial charge is 0.387 e. The molecular weight excluding hydrogens is 150 g/mol. The van der Waals surface area contributed by atoms with Gasteiger partial charge in [-0.25, -0.2) is 0 Å². The van der Waals surface area contributed by atoms with E-state index in [9.17, 15) is 5.11 Å². The van der Waals surface area contributed by atoms with Crippen LogP contribution in [0.15, 0.2) is 24.3 Å². The maximum Gasteiger partial charge on any atom is 0.0948 e. The van der Waals surface area contributed by atoms with Crippen LogP contribution >= 0.6 is 0 Å². The standard InChI is InChI=1S/C10H13NO/c1-11-9-6-7-4-2-3-5-8(7)10(9)12/h2-5,9-12H,6H2,1H3/t9?,10-/m0/s1. The van der Waals surface area contributed by atoms with Gasteiger partial charge in [-0.1, -0.05) is 24.3 Å². The Labute approximate surface area is 72.2 Å². The lowest BCUT2D eigenvalue weighted by atomic mass is 10.1. The van der Waals surface area contributed by atoms with Gasteiger partial charge < -0.3 is 10.4 Å². The van der Waals surface area contributed by atoms with Crippen molar-refractivity contribution in [3.63, 3.8) is 0 Å². The Balaban J connectivity index is 2.35. The van der Waals surface area contributed by atoms with Gasteiger partial charge in [0.1, 0.15) is 0 Å². The fraction of sp³-hybridized carbons (Fsp3) is 0.400. The molecule has 0 saturated carbocycles. The Hall–Kier alpha value is -0.860. The molecular formula is C10H13NO. The zero-order valence-corrected chi connectivity index (χ0v) is 7.12. The monoisotopic (exact) mass is 163 g/mol. The first-order valence-corrected chi connectivity index (χ1v) is 4.26. The molecule has 1 aromatic carbocycles. The minimum absolute atomic E-state index is 0.197. The van der Waals surface area contributed by atoms with Crippen molar-refractivity contribution in [1.29, 1.82) is 0 Å². The zero-order valence-electron chi connectivity index (χ0n) is 7.12. The third kappa shape index (κ3) is 1.04. The Morgan fingerprint density at radius 1 is 1.42 bits per heavy atom. The molecule has 2 heteroatoms. The average molecular weight is 163 g/mol. The van der Waals surface area contributed by atoms with E-state index < -0.39 is 0 Å². The minimum Gasteiger partial charge on any atom is -0.387 e. The number of fused-ring (bicyclic) bond motifs is 1. The van der Waals surface area contributed by atoms with Crippen molar-refractivity contribution in [2.75, 3.05) is 7.05 Å².